The lowest BCUT2D eigenvalue weighted by Crippen LogP contribution is -2.30. The molecular weight excluding hydrogens is 392 g/mol. The lowest BCUT2D eigenvalue weighted by Gasteiger charge is -2.29. The fourth-order valence-electron chi connectivity index (χ4n) is 3.82. The molecule has 0 radical (unpaired) electrons. The Balaban J connectivity index is 1.53. The van der Waals surface area contributed by atoms with Crippen LogP contribution in [0.4, 0.5) is 11.5 Å². The van der Waals surface area contributed by atoms with E-state index in [4.69, 9.17) is 9.97 Å². The molecule has 1 fully saturated rings. The highest BCUT2D eigenvalue weighted by Gasteiger charge is 2.20. The van der Waals surface area contributed by atoms with Gasteiger partial charge in [-0.1, -0.05) is 24.3 Å². The molecule has 4 aromatic rings. The first-order valence-electron chi connectivity index (χ1n) is 10.2. The Labute approximate surface area is 179 Å². The number of hydrogen-bond acceptors (Lipinski definition) is 5. The first-order chi connectivity index (χ1) is 14.8. The van der Waals surface area contributed by atoms with Crippen molar-refractivity contribution in [2.45, 2.75) is 19.3 Å². The van der Waals surface area contributed by atoms with Gasteiger partial charge >= 0.3 is 0 Å². The molecule has 3 heterocycles. The van der Waals surface area contributed by atoms with Crippen LogP contribution in [0.15, 0.2) is 66.0 Å². The van der Waals surface area contributed by atoms with Gasteiger partial charge in [-0.25, -0.2) is 9.97 Å². The van der Waals surface area contributed by atoms with Gasteiger partial charge < -0.3 is 10.2 Å². The maximum atomic E-state index is 12.5. The van der Waals surface area contributed by atoms with Gasteiger partial charge in [-0.05, 0) is 61.0 Å². The largest absolute Gasteiger partial charge is 0.355 e. The standard InChI is InChI=1S/C24H22N4OS/c29-24(17-8-3-1-4-9-17)25-18-11-12-19-20(16-18)26-22(21-10-7-15-30-21)23(27-19)28-13-5-2-6-14-28/h1,3-4,7-12,15-16H,2,5-6,13-14H2,(H,25,29). The lowest BCUT2D eigenvalue weighted by molar-refractivity contribution is 0.102. The molecule has 1 N–H and O–H groups in total. The van der Waals surface area contributed by atoms with Gasteiger partial charge in [-0.3, -0.25) is 4.79 Å². The van der Waals surface area contributed by atoms with E-state index in [9.17, 15) is 4.79 Å². The van der Waals surface area contributed by atoms with Gasteiger partial charge in [0.05, 0.1) is 15.9 Å². The molecule has 2 aromatic heterocycles. The van der Waals surface area contributed by atoms with Crippen molar-refractivity contribution in [1.29, 1.82) is 0 Å². The minimum absolute atomic E-state index is 0.133. The molecule has 1 aliphatic heterocycles. The highest BCUT2D eigenvalue weighted by Crippen LogP contribution is 2.34. The maximum Gasteiger partial charge on any atom is 0.255 e. The molecule has 6 heteroatoms. The average molecular weight is 415 g/mol. The average Bonchev–Trinajstić information content (AvgIpc) is 3.34. The Morgan fingerprint density at radius 2 is 1.73 bits per heavy atom. The van der Waals surface area contributed by atoms with E-state index < -0.39 is 0 Å². The number of amides is 1. The number of hydrogen-bond donors (Lipinski definition) is 1. The molecule has 0 unspecified atom stereocenters. The number of piperidine rings is 1. The third-order valence-electron chi connectivity index (χ3n) is 5.35. The molecule has 0 atom stereocenters. The number of rotatable bonds is 4. The Hall–Kier alpha value is -3.25. The zero-order chi connectivity index (χ0) is 20.3. The minimum atomic E-state index is -0.133. The Kier molecular flexibility index (Phi) is 5.15. The zero-order valence-corrected chi connectivity index (χ0v) is 17.4. The molecule has 150 valence electrons. The van der Waals surface area contributed by atoms with Crippen LogP contribution in [0.3, 0.4) is 0 Å². The smallest absolute Gasteiger partial charge is 0.255 e. The van der Waals surface area contributed by atoms with E-state index >= 15 is 0 Å². The summed E-state index contributed by atoms with van der Waals surface area (Å²) in [5, 5.41) is 5.04. The van der Waals surface area contributed by atoms with E-state index in [-0.39, 0.29) is 5.91 Å². The second-order valence-electron chi connectivity index (χ2n) is 7.44. The third-order valence-corrected chi connectivity index (χ3v) is 6.23. The number of nitrogens with zero attached hydrogens (tertiary/aromatic N) is 3. The summed E-state index contributed by atoms with van der Waals surface area (Å²) in [5.41, 5.74) is 3.89. The predicted molar refractivity (Wildman–Crippen MR) is 123 cm³/mol. The molecule has 2 aromatic carbocycles. The van der Waals surface area contributed by atoms with Crippen molar-refractivity contribution in [2.24, 2.45) is 0 Å². The van der Waals surface area contributed by atoms with Crippen molar-refractivity contribution >= 4 is 39.8 Å². The molecule has 1 aliphatic rings. The topological polar surface area (TPSA) is 58.1 Å². The third kappa shape index (κ3) is 3.78. The van der Waals surface area contributed by atoms with Crippen molar-refractivity contribution in [1.82, 2.24) is 9.97 Å². The molecule has 0 spiro atoms. The van der Waals surface area contributed by atoms with Crippen molar-refractivity contribution in [3.63, 3.8) is 0 Å². The Morgan fingerprint density at radius 3 is 2.50 bits per heavy atom. The van der Waals surface area contributed by atoms with Crippen molar-refractivity contribution in [2.75, 3.05) is 23.3 Å². The first kappa shape index (κ1) is 18.8. The number of thiophene rings is 1. The molecule has 5 nitrogen and oxygen atoms in total. The van der Waals surface area contributed by atoms with E-state index in [0.717, 1.165) is 40.5 Å². The van der Waals surface area contributed by atoms with Crippen LogP contribution >= 0.6 is 11.3 Å². The molecular formula is C24H22N4OS. The summed E-state index contributed by atoms with van der Waals surface area (Å²) in [5.74, 6) is 0.831. The normalized spacial score (nSPS) is 14.1. The monoisotopic (exact) mass is 414 g/mol. The summed E-state index contributed by atoms with van der Waals surface area (Å²) in [7, 11) is 0. The molecule has 1 saturated heterocycles. The number of anilines is 2. The van der Waals surface area contributed by atoms with Gasteiger partial charge in [0, 0.05) is 24.3 Å². The fourth-order valence-corrected chi connectivity index (χ4v) is 4.53. The van der Waals surface area contributed by atoms with E-state index in [1.54, 1.807) is 23.5 Å². The van der Waals surface area contributed by atoms with Crippen LogP contribution in [0.2, 0.25) is 0 Å². The first-order valence-corrected chi connectivity index (χ1v) is 11.1. The van der Waals surface area contributed by atoms with Gasteiger partial charge in [0.2, 0.25) is 0 Å². The summed E-state index contributed by atoms with van der Waals surface area (Å²) in [6.07, 6.45) is 3.65. The number of carbonyl (C=O) groups excluding carboxylic acids is 1. The van der Waals surface area contributed by atoms with Gasteiger partial charge in [0.1, 0.15) is 5.69 Å². The molecule has 0 saturated carbocycles. The van der Waals surface area contributed by atoms with E-state index in [0.29, 0.717) is 11.3 Å². The summed E-state index contributed by atoms with van der Waals surface area (Å²) >= 11 is 1.68. The molecule has 30 heavy (non-hydrogen) atoms. The number of nitrogens with one attached hydrogen (secondary N) is 1. The number of fused-ring (bicyclic) bond motifs is 1. The minimum Gasteiger partial charge on any atom is -0.355 e. The van der Waals surface area contributed by atoms with Gasteiger partial charge in [0.15, 0.2) is 5.82 Å². The Morgan fingerprint density at radius 1 is 0.900 bits per heavy atom. The second kappa shape index (κ2) is 8.24. The lowest BCUT2D eigenvalue weighted by atomic mass is 10.1. The van der Waals surface area contributed by atoms with Crippen LogP contribution in [-0.4, -0.2) is 29.0 Å². The molecule has 5 rings (SSSR count). The summed E-state index contributed by atoms with van der Waals surface area (Å²) in [4.78, 5) is 26.0. The van der Waals surface area contributed by atoms with Crippen molar-refractivity contribution < 1.29 is 4.79 Å². The van der Waals surface area contributed by atoms with Crippen molar-refractivity contribution in [3.05, 3.63) is 71.6 Å². The summed E-state index contributed by atoms with van der Waals surface area (Å²) in [6, 6.07) is 19.1. The number of carbonyl (C=O) groups is 1. The van der Waals surface area contributed by atoms with Crippen LogP contribution in [-0.2, 0) is 0 Å². The van der Waals surface area contributed by atoms with E-state index in [2.05, 4.69) is 21.7 Å². The highest BCUT2D eigenvalue weighted by molar-refractivity contribution is 7.13. The van der Waals surface area contributed by atoms with Crippen LogP contribution < -0.4 is 10.2 Å². The number of benzene rings is 2. The predicted octanol–water partition coefficient (Wildman–Crippen LogP) is 5.60. The molecule has 1 amide bonds. The quantitative estimate of drug-likeness (QED) is 0.472. The van der Waals surface area contributed by atoms with Crippen LogP contribution in [0.5, 0.6) is 0 Å². The molecule has 0 bridgehead atoms. The SMILES string of the molecule is O=C(Nc1ccc2nc(N3CCCCC3)c(-c3cccs3)nc2c1)c1ccccc1. The summed E-state index contributed by atoms with van der Waals surface area (Å²) < 4.78 is 0. The zero-order valence-electron chi connectivity index (χ0n) is 16.5. The van der Waals surface area contributed by atoms with Gasteiger partial charge in [0.25, 0.3) is 5.91 Å². The van der Waals surface area contributed by atoms with Crippen molar-refractivity contribution in [3.8, 4) is 10.6 Å². The van der Waals surface area contributed by atoms with Gasteiger partial charge in [-0.2, -0.15) is 0 Å². The maximum absolute atomic E-state index is 12.5. The Bertz CT molecular complexity index is 1170. The molecule has 0 aliphatic carbocycles. The van der Waals surface area contributed by atoms with Gasteiger partial charge in [-0.15, -0.1) is 11.3 Å². The van der Waals surface area contributed by atoms with Crippen LogP contribution in [0.25, 0.3) is 21.6 Å². The van der Waals surface area contributed by atoms with Crippen LogP contribution in [0, 0.1) is 0 Å². The highest BCUT2D eigenvalue weighted by atomic mass is 32.1. The van der Waals surface area contributed by atoms with Crippen LogP contribution in [0.1, 0.15) is 29.6 Å². The van der Waals surface area contributed by atoms with E-state index in [1.807, 2.05) is 42.5 Å². The second-order valence-corrected chi connectivity index (χ2v) is 8.39. The summed E-state index contributed by atoms with van der Waals surface area (Å²) in [6.45, 7) is 2.04. The fraction of sp³-hybridized carbons (Fsp3) is 0.208. The van der Waals surface area contributed by atoms with E-state index in [1.165, 1.54) is 19.3 Å². The number of aromatic nitrogens is 2.